The lowest BCUT2D eigenvalue weighted by Crippen LogP contribution is -2.16. The van der Waals surface area contributed by atoms with Crippen molar-refractivity contribution in [1.29, 1.82) is 0 Å². The number of esters is 1. The van der Waals surface area contributed by atoms with Crippen LogP contribution in [0, 0.1) is 0 Å². The van der Waals surface area contributed by atoms with Crippen molar-refractivity contribution in [3.63, 3.8) is 0 Å². The lowest BCUT2D eigenvalue weighted by Gasteiger charge is -2.11. The highest BCUT2D eigenvalue weighted by Gasteiger charge is 2.22. The molecule has 0 aliphatic heterocycles. The van der Waals surface area contributed by atoms with Gasteiger partial charge in [-0.3, -0.25) is 0 Å². The third-order valence-corrected chi connectivity index (χ3v) is 4.12. The first-order valence-electron chi connectivity index (χ1n) is 7.45. The Balaban J connectivity index is 1.61. The van der Waals surface area contributed by atoms with Crippen molar-refractivity contribution in [3.8, 4) is 17.2 Å². The lowest BCUT2D eigenvalue weighted by atomic mass is 10.2. The Kier molecular flexibility index (Phi) is 5.23. The lowest BCUT2D eigenvalue weighted by molar-refractivity contribution is -0.131. The molecule has 0 saturated heterocycles. The van der Waals surface area contributed by atoms with Crippen LogP contribution in [0.15, 0.2) is 78.3 Å². The molecule has 0 aliphatic rings. The second kappa shape index (κ2) is 7.74. The van der Waals surface area contributed by atoms with Gasteiger partial charge < -0.3 is 14.6 Å². The van der Waals surface area contributed by atoms with Crippen LogP contribution in [-0.4, -0.2) is 16.1 Å². The third-order valence-electron chi connectivity index (χ3n) is 3.29. The normalized spacial score (nSPS) is 11.6. The molecular weight excluding hydrogens is 338 g/mol. The van der Waals surface area contributed by atoms with Gasteiger partial charge in [-0.2, -0.15) is 0 Å². The molecule has 0 bridgehead atoms. The van der Waals surface area contributed by atoms with E-state index in [0.29, 0.717) is 22.3 Å². The highest BCUT2D eigenvalue weighted by Crippen LogP contribution is 2.26. The van der Waals surface area contributed by atoms with Crippen molar-refractivity contribution in [2.24, 2.45) is 0 Å². The van der Waals surface area contributed by atoms with Crippen LogP contribution in [0.1, 0.15) is 11.1 Å². The smallest absolute Gasteiger partial charge is 0.341 e. The highest BCUT2D eigenvalue weighted by molar-refractivity contribution is 7.09. The van der Waals surface area contributed by atoms with Crippen LogP contribution in [0.3, 0.4) is 0 Å². The molecule has 1 heterocycles. The van der Waals surface area contributed by atoms with Gasteiger partial charge in [-0.25, -0.2) is 9.78 Å². The molecule has 0 aliphatic carbocycles. The summed E-state index contributed by atoms with van der Waals surface area (Å²) in [5.74, 6) is 0.956. The minimum atomic E-state index is -1.17. The fourth-order valence-corrected chi connectivity index (χ4v) is 2.66. The second-order valence-electron chi connectivity index (χ2n) is 5.07. The van der Waals surface area contributed by atoms with Crippen molar-refractivity contribution >= 4 is 17.3 Å². The minimum absolute atomic E-state index is 0.0698. The molecule has 1 aromatic heterocycles. The van der Waals surface area contributed by atoms with E-state index in [1.54, 1.807) is 35.8 Å². The summed E-state index contributed by atoms with van der Waals surface area (Å²) in [5, 5.41) is 12.2. The Morgan fingerprint density at radius 1 is 1.04 bits per heavy atom. The molecule has 0 spiro atoms. The predicted molar refractivity (Wildman–Crippen MR) is 94.8 cm³/mol. The summed E-state index contributed by atoms with van der Waals surface area (Å²) in [7, 11) is 0. The molecule has 5 nitrogen and oxygen atoms in total. The summed E-state index contributed by atoms with van der Waals surface area (Å²) in [6.45, 7) is 3.60. The monoisotopic (exact) mass is 353 g/mol. The van der Waals surface area contributed by atoms with E-state index in [0.717, 1.165) is 0 Å². The van der Waals surface area contributed by atoms with Gasteiger partial charge in [0.1, 0.15) is 28.4 Å². The average molecular weight is 353 g/mol. The SMILES string of the molecule is C=C(C(=O)Oc1ccc(Oc2ccccc2)cc1)C(O)c1nccs1. The maximum atomic E-state index is 12.1. The average Bonchev–Trinajstić information content (AvgIpc) is 3.17. The van der Waals surface area contributed by atoms with Gasteiger partial charge in [-0.15, -0.1) is 11.3 Å². The largest absolute Gasteiger partial charge is 0.457 e. The molecule has 0 amide bonds. The van der Waals surface area contributed by atoms with Crippen LogP contribution < -0.4 is 9.47 Å². The van der Waals surface area contributed by atoms with Crippen molar-refractivity contribution in [2.75, 3.05) is 0 Å². The molecule has 0 fully saturated rings. The number of carbonyl (C=O) groups is 1. The zero-order valence-electron chi connectivity index (χ0n) is 13.2. The van der Waals surface area contributed by atoms with Crippen molar-refractivity contribution < 1.29 is 19.4 Å². The van der Waals surface area contributed by atoms with Crippen LogP contribution in [0.25, 0.3) is 0 Å². The Morgan fingerprint density at radius 3 is 2.32 bits per heavy atom. The number of nitrogens with zero attached hydrogens (tertiary/aromatic N) is 1. The molecule has 1 N–H and O–H groups in total. The number of rotatable bonds is 6. The number of hydrogen-bond acceptors (Lipinski definition) is 6. The molecule has 126 valence electrons. The van der Waals surface area contributed by atoms with Crippen molar-refractivity contribution in [1.82, 2.24) is 4.98 Å². The maximum Gasteiger partial charge on any atom is 0.341 e. The van der Waals surface area contributed by atoms with Crippen LogP contribution in [0.4, 0.5) is 0 Å². The fraction of sp³-hybridized carbons (Fsp3) is 0.0526. The van der Waals surface area contributed by atoms with E-state index in [4.69, 9.17) is 9.47 Å². The number of aliphatic hydroxyl groups excluding tert-OH is 1. The molecule has 0 radical (unpaired) electrons. The molecule has 0 saturated carbocycles. The maximum absolute atomic E-state index is 12.1. The van der Waals surface area contributed by atoms with Gasteiger partial charge in [0.05, 0.1) is 5.57 Å². The summed E-state index contributed by atoms with van der Waals surface area (Å²) in [6, 6.07) is 16.0. The van der Waals surface area contributed by atoms with Gasteiger partial charge in [0.2, 0.25) is 0 Å². The molecule has 1 atom stereocenters. The summed E-state index contributed by atoms with van der Waals surface area (Å²) >= 11 is 1.24. The van der Waals surface area contributed by atoms with E-state index >= 15 is 0 Å². The number of para-hydroxylation sites is 1. The van der Waals surface area contributed by atoms with Crippen LogP contribution in [0.5, 0.6) is 17.2 Å². The Morgan fingerprint density at radius 2 is 1.68 bits per heavy atom. The van der Waals surface area contributed by atoms with E-state index in [9.17, 15) is 9.90 Å². The van der Waals surface area contributed by atoms with Gasteiger partial charge in [0.15, 0.2) is 0 Å². The van der Waals surface area contributed by atoms with E-state index < -0.39 is 12.1 Å². The molecule has 6 heteroatoms. The molecule has 3 rings (SSSR count). The summed E-state index contributed by atoms with van der Waals surface area (Å²) in [6.07, 6.45) is 0.376. The van der Waals surface area contributed by atoms with Gasteiger partial charge in [-0.05, 0) is 36.4 Å². The Bertz CT molecular complexity index is 845. The molecule has 2 aromatic carbocycles. The summed E-state index contributed by atoms with van der Waals surface area (Å²) in [5.41, 5.74) is -0.0698. The standard InChI is InChI=1S/C19H15NO4S/c1-13(17(21)18-20-11-12-25-18)19(22)24-16-9-7-15(8-10-16)23-14-5-3-2-4-6-14/h2-12,17,21H,1H2. The second-order valence-corrected chi connectivity index (χ2v) is 6.00. The molecular formula is C19H15NO4S. The van der Waals surface area contributed by atoms with E-state index in [-0.39, 0.29) is 5.57 Å². The van der Waals surface area contributed by atoms with Crippen LogP contribution >= 0.6 is 11.3 Å². The number of benzene rings is 2. The Labute approximate surface area is 148 Å². The first-order valence-corrected chi connectivity index (χ1v) is 8.33. The van der Waals surface area contributed by atoms with Gasteiger partial charge in [-0.1, -0.05) is 24.8 Å². The zero-order chi connectivity index (χ0) is 17.6. The van der Waals surface area contributed by atoms with E-state index in [1.165, 1.54) is 11.3 Å². The van der Waals surface area contributed by atoms with Crippen molar-refractivity contribution in [3.05, 3.63) is 83.3 Å². The quantitative estimate of drug-likeness (QED) is 0.410. The molecule has 25 heavy (non-hydrogen) atoms. The Hall–Kier alpha value is -2.96. The zero-order valence-corrected chi connectivity index (χ0v) is 14.0. The number of aromatic nitrogens is 1. The number of thiazole rings is 1. The first-order chi connectivity index (χ1) is 12.1. The summed E-state index contributed by atoms with van der Waals surface area (Å²) < 4.78 is 10.9. The summed E-state index contributed by atoms with van der Waals surface area (Å²) in [4.78, 5) is 16.1. The van der Waals surface area contributed by atoms with Crippen LogP contribution in [-0.2, 0) is 4.79 Å². The number of hydrogen-bond donors (Lipinski definition) is 1. The number of aliphatic hydroxyl groups is 1. The number of carbonyl (C=O) groups excluding carboxylic acids is 1. The third kappa shape index (κ3) is 4.32. The molecule has 3 aromatic rings. The van der Waals surface area contributed by atoms with Crippen LogP contribution in [0.2, 0.25) is 0 Å². The van der Waals surface area contributed by atoms with E-state index in [2.05, 4.69) is 11.6 Å². The molecule has 1 unspecified atom stereocenters. The first kappa shape index (κ1) is 16.9. The predicted octanol–water partition coefficient (Wildman–Crippen LogP) is 4.13. The highest BCUT2D eigenvalue weighted by atomic mass is 32.1. The fourth-order valence-electron chi connectivity index (χ4n) is 2.00. The topological polar surface area (TPSA) is 68.7 Å². The number of ether oxygens (including phenoxy) is 2. The van der Waals surface area contributed by atoms with Crippen molar-refractivity contribution in [2.45, 2.75) is 6.10 Å². The van der Waals surface area contributed by atoms with E-state index in [1.807, 2.05) is 30.3 Å². The van der Waals surface area contributed by atoms with Gasteiger partial charge >= 0.3 is 5.97 Å². The van der Waals surface area contributed by atoms with Gasteiger partial charge in [0, 0.05) is 11.6 Å². The minimum Gasteiger partial charge on any atom is -0.457 e. The van der Waals surface area contributed by atoms with Gasteiger partial charge in [0.25, 0.3) is 0 Å².